The minimum atomic E-state index is -0.865. The van der Waals surface area contributed by atoms with E-state index in [0.29, 0.717) is 29.2 Å². The first-order valence-corrected chi connectivity index (χ1v) is 10.00. The molecule has 0 aliphatic carbocycles. The first-order valence-electron chi connectivity index (χ1n) is 9.21. The molecule has 1 unspecified atom stereocenters. The van der Waals surface area contributed by atoms with Gasteiger partial charge in [-0.05, 0) is 37.3 Å². The standard InChI is InChI=1S/C22H21BrN2O4/c1-12-8-15(14-5-4-13(23)9-17(14)24-12)22(27)25-10-16-19(28-2)6-7-20(29-3)21(16)18(26)11-25/h4-9,18,26H,10-11H2,1-3H3. The van der Waals surface area contributed by atoms with E-state index in [1.54, 1.807) is 37.3 Å². The second kappa shape index (κ2) is 7.65. The molecular weight excluding hydrogens is 436 g/mol. The van der Waals surface area contributed by atoms with Crippen molar-refractivity contribution < 1.29 is 19.4 Å². The van der Waals surface area contributed by atoms with Crippen LogP contribution in [0.2, 0.25) is 0 Å². The lowest BCUT2D eigenvalue weighted by molar-refractivity contribution is 0.0540. The van der Waals surface area contributed by atoms with Crippen molar-refractivity contribution >= 4 is 32.7 Å². The van der Waals surface area contributed by atoms with E-state index in [1.165, 1.54) is 0 Å². The van der Waals surface area contributed by atoms with Gasteiger partial charge in [0.15, 0.2) is 0 Å². The third kappa shape index (κ3) is 3.45. The highest BCUT2D eigenvalue weighted by Crippen LogP contribution is 2.40. The number of ether oxygens (including phenoxy) is 2. The smallest absolute Gasteiger partial charge is 0.255 e. The molecule has 0 radical (unpaired) electrons. The predicted octanol–water partition coefficient (Wildman–Crippen LogP) is 4.01. The van der Waals surface area contributed by atoms with Gasteiger partial charge in [0.2, 0.25) is 0 Å². The lowest BCUT2D eigenvalue weighted by Gasteiger charge is -2.34. The molecule has 2 heterocycles. The normalized spacial score (nSPS) is 15.9. The molecule has 2 aromatic carbocycles. The number of aryl methyl sites for hydroxylation is 1. The van der Waals surface area contributed by atoms with Gasteiger partial charge in [0, 0.05) is 26.7 Å². The minimum absolute atomic E-state index is 0.155. The van der Waals surface area contributed by atoms with Gasteiger partial charge < -0.3 is 19.5 Å². The molecule has 3 aromatic rings. The number of aliphatic hydroxyl groups is 1. The Labute approximate surface area is 177 Å². The van der Waals surface area contributed by atoms with E-state index < -0.39 is 6.10 Å². The highest BCUT2D eigenvalue weighted by molar-refractivity contribution is 9.10. The summed E-state index contributed by atoms with van der Waals surface area (Å²) in [6, 6.07) is 11.0. The van der Waals surface area contributed by atoms with Gasteiger partial charge in [-0.25, -0.2) is 0 Å². The van der Waals surface area contributed by atoms with Crippen LogP contribution < -0.4 is 9.47 Å². The molecule has 0 spiro atoms. The van der Waals surface area contributed by atoms with Gasteiger partial charge in [0.25, 0.3) is 5.91 Å². The van der Waals surface area contributed by atoms with Crippen LogP contribution >= 0.6 is 15.9 Å². The van der Waals surface area contributed by atoms with Crippen LogP contribution in [0.3, 0.4) is 0 Å². The quantitative estimate of drug-likeness (QED) is 0.644. The van der Waals surface area contributed by atoms with Gasteiger partial charge in [-0.3, -0.25) is 9.78 Å². The Kier molecular flexibility index (Phi) is 5.19. The maximum atomic E-state index is 13.5. The van der Waals surface area contributed by atoms with Crippen molar-refractivity contribution in [3.63, 3.8) is 0 Å². The highest BCUT2D eigenvalue weighted by atomic mass is 79.9. The molecule has 4 rings (SSSR count). The van der Waals surface area contributed by atoms with Crippen molar-refractivity contribution in [3.05, 3.63) is 63.3 Å². The van der Waals surface area contributed by atoms with Crippen LogP contribution in [-0.4, -0.2) is 41.7 Å². The summed E-state index contributed by atoms with van der Waals surface area (Å²) < 4.78 is 11.8. The molecule has 0 fully saturated rings. The zero-order chi connectivity index (χ0) is 20.7. The van der Waals surface area contributed by atoms with Crippen LogP contribution in [0.4, 0.5) is 0 Å². The number of halogens is 1. The fourth-order valence-electron chi connectivity index (χ4n) is 3.91. The summed E-state index contributed by atoms with van der Waals surface area (Å²) in [5.41, 5.74) is 3.51. The van der Waals surface area contributed by atoms with Crippen molar-refractivity contribution in [2.75, 3.05) is 20.8 Å². The molecule has 0 saturated carbocycles. The number of β-amino-alcohol motifs (C(OH)–C–C–N with tert-alkyl or cyclic N) is 1. The Morgan fingerprint density at radius 2 is 1.90 bits per heavy atom. The molecule has 29 heavy (non-hydrogen) atoms. The highest BCUT2D eigenvalue weighted by Gasteiger charge is 2.33. The number of amides is 1. The van der Waals surface area contributed by atoms with Gasteiger partial charge in [-0.2, -0.15) is 0 Å². The molecule has 7 heteroatoms. The summed E-state index contributed by atoms with van der Waals surface area (Å²) in [7, 11) is 3.14. The van der Waals surface area contributed by atoms with Crippen LogP contribution in [0.25, 0.3) is 10.9 Å². The Hall–Kier alpha value is -2.64. The van der Waals surface area contributed by atoms with Crippen molar-refractivity contribution in [1.29, 1.82) is 0 Å². The Balaban J connectivity index is 1.78. The number of nitrogens with zero attached hydrogens (tertiary/aromatic N) is 2. The molecule has 1 aliphatic rings. The average Bonchev–Trinajstić information content (AvgIpc) is 2.71. The van der Waals surface area contributed by atoms with E-state index >= 15 is 0 Å². The van der Waals surface area contributed by atoms with Crippen molar-refractivity contribution in [1.82, 2.24) is 9.88 Å². The van der Waals surface area contributed by atoms with Gasteiger partial charge in [0.05, 0.1) is 38.4 Å². The number of carbonyl (C=O) groups excluding carboxylic acids is 1. The van der Waals surface area contributed by atoms with Crippen LogP contribution in [0, 0.1) is 6.92 Å². The monoisotopic (exact) mass is 456 g/mol. The number of hydrogen-bond acceptors (Lipinski definition) is 5. The fourth-order valence-corrected chi connectivity index (χ4v) is 4.26. The average molecular weight is 457 g/mol. The number of rotatable bonds is 3. The van der Waals surface area contributed by atoms with E-state index in [-0.39, 0.29) is 12.5 Å². The molecule has 1 amide bonds. The van der Waals surface area contributed by atoms with E-state index in [9.17, 15) is 9.90 Å². The van der Waals surface area contributed by atoms with E-state index in [1.807, 2.05) is 25.1 Å². The van der Waals surface area contributed by atoms with Crippen LogP contribution in [0.15, 0.2) is 40.9 Å². The molecule has 150 valence electrons. The lowest BCUT2D eigenvalue weighted by atomic mass is 9.94. The van der Waals surface area contributed by atoms with Crippen LogP contribution in [0.5, 0.6) is 11.5 Å². The Morgan fingerprint density at radius 3 is 2.62 bits per heavy atom. The third-order valence-corrected chi connectivity index (χ3v) is 5.70. The SMILES string of the molecule is COc1ccc(OC)c2c1CN(C(=O)c1cc(C)nc3cc(Br)ccc13)CC2O. The molecule has 1 N–H and O–H groups in total. The number of carbonyl (C=O) groups is 1. The molecule has 0 bridgehead atoms. The molecule has 1 aromatic heterocycles. The van der Waals surface area contributed by atoms with E-state index in [4.69, 9.17) is 9.47 Å². The maximum Gasteiger partial charge on any atom is 0.255 e. The second-order valence-electron chi connectivity index (χ2n) is 7.04. The Bertz CT molecular complexity index is 1110. The first-order chi connectivity index (χ1) is 13.9. The van der Waals surface area contributed by atoms with Gasteiger partial charge in [-0.15, -0.1) is 0 Å². The summed E-state index contributed by atoms with van der Waals surface area (Å²) in [5.74, 6) is 1.06. The molecule has 1 atom stereocenters. The van der Waals surface area contributed by atoms with Gasteiger partial charge in [0.1, 0.15) is 17.6 Å². The lowest BCUT2D eigenvalue weighted by Crippen LogP contribution is -2.38. The second-order valence-corrected chi connectivity index (χ2v) is 7.95. The van der Waals surface area contributed by atoms with Gasteiger partial charge in [-0.1, -0.05) is 22.0 Å². The molecule has 1 aliphatic heterocycles. The van der Waals surface area contributed by atoms with Crippen molar-refractivity contribution in [2.24, 2.45) is 0 Å². The van der Waals surface area contributed by atoms with Crippen molar-refractivity contribution in [3.8, 4) is 11.5 Å². The number of aromatic nitrogens is 1. The van der Waals surface area contributed by atoms with Crippen molar-refractivity contribution in [2.45, 2.75) is 19.6 Å². The molecule has 6 nitrogen and oxygen atoms in total. The molecular formula is C22H21BrN2O4. The number of methoxy groups -OCH3 is 2. The number of aliphatic hydroxyl groups excluding tert-OH is 1. The number of hydrogen-bond donors (Lipinski definition) is 1. The fraction of sp³-hybridized carbons (Fsp3) is 0.273. The summed E-state index contributed by atoms with van der Waals surface area (Å²) >= 11 is 3.46. The summed E-state index contributed by atoms with van der Waals surface area (Å²) in [4.78, 5) is 19.6. The summed E-state index contributed by atoms with van der Waals surface area (Å²) in [6.45, 7) is 2.37. The maximum absolute atomic E-state index is 13.5. The zero-order valence-electron chi connectivity index (χ0n) is 16.4. The number of pyridine rings is 1. The van der Waals surface area contributed by atoms with E-state index in [2.05, 4.69) is 20.9 Å². The van der Waals surface area contributed by atoms with Crippen LogP contribution in [0.1, 0.15) is 33.3 Å². The minimum Gasteiger partial charge on any atom is -0.496 e. The number of benzene rings is 2. The van der Waals surface area contributed by atoms with Crippen LogP contribution in [-0.2, 0) is 6.54 Å². The third-order valence-electron chi connectivity index (χ3n) is 5.21. The largest absolute Gasteiger partial charge is 0.496 e. The predicted molar refractivity (Wildman–Crippen MR) is 113 cm³/mol. The van der Waals surface area contributed by atoms with Gasteiger partial charge >= 0.3 is 0 Å². The Morgan fingerprint density at radius 1 is 1.17 bits per heavy atom. The first kappa shape index (κ1) is 19.7. The zero-order valence-corrected chi connectivity index (χ0v) is 18.0. The number of fused-ring (bicyclic) bond motifs is 2. The topological polar surface area (TPSA) is 71.9 Å². The summed E-state index contributed by atoms with van der Waals surface area (Å²) in [6.07, 6.45) is -0.865. The summed E-state index contributed by atoms with van der Waals surface area (Å²) in [5, 5.41) is 11.6. The molecule has 0 saturated heterocycles. The van der Waals surface area contributed by atoms with E-state index in [0.717, 1.165) is 26.6 Å².